The second-order valence-electron chi connectivity index (χ2n) is 1.93. The standard InChI is InChI=1S/C5H8N4O/c1-5(8-10)2-9-4-6-3-7-9/h3-4,10H,2H2,1H3/b8-5+. The maximum absolute atomic E-state index is 8.26. The smallest absolute Gasteiger partial charge is 0.137 e. The van der Waals surface area contributed by atoms with E-state index in [-0.39, 0.29) is 0 Å². The Bertz CT molecular complexity index is 216. The molecule has 0 fully saturated rings. The zero-order chi connectivity index (χ0) is 7.40. The molecule has 0 aliphatic rings. The van der Waals surface area contributed by atoms with E-state index in [4.69, 9.17) is 5.21 Å². The molecule has 0 spiro atoms. The van der Waals surface area contributed by atoms with Gasteiger partial charge in [-0.1, -0.05) is 5.16 Å². The topological polar surface area (TPSA) is 63.3 Å². The molecule has 0 aliphatic carbocycles. The van der Waals surface area contributed by atoms with Crippen LogP contribution in [0.25, 0.3) is 0 Å². The summed E-state index contributed by atoms with van der Waals surface area (Å²) >= 11 is 0. The van der Waals surface area contributed by atoms with Gasteiger partial charge in [0.05, 0.1) is 12.3 Å². The Balaban J connectivity index is 2.56. The molecule has 0 saturated carbocycles. The van der Waals surface area contributed by atoms with Crippen LogP contribution in [0.3, 0.4) is 0 Å². The van der Waals surface area contributed by atoms with Crippen molar-refractivity contribution >= 4 is 5.71 Å². The van der Waals surface area contributed by atoms with Crippen molar-refractivity contribution in [3.05, 3.63) is 12.7 Å². The number of hydrogen-bond donors (Lipinski definition) is 1. The first kappa shape index (κ1) is 6.73. The lowest BCUT2D eigenvalue weighted by molar-refractivity contribution is 0.316. The van der Waals surface area contributed by atoms with Gasteiger partial charge in [-0.2, -0.15) is 5.10 Å². The average Bonchev–Trinajstić information content (AvgIpc) is 2.40. The van der Waals surface area contributed by atoms with Gasteiger partial charge >= 0.3 is 0 Å². The fourth-order valence-electron chi connectivity index (χ4n) is 0.580. The van der Waals surface area contributed by atoms with Crippen LogP contribution >= 0.6 is 0 Å². The highest BCUT2D eigenvalue weighted by atomic mass is 16.4. The zero-order valence-corrected chi connectivity index (χ0v) is 5.60. The predicted molar refractivity (Wildman–Crippen MR) is 34.9 cm³/mol. The van der Waals surface area contributed by atoms with Gasteiger partial charge in [0, 0.05) is 0 Å². The van der Waals surface area contributed by atoms with Crippen molar-refractivity contribution in [3.63, 3.8) is 0 Å². The third kappa shape index (κ3) is 1.54. The van der Waals surface area contributed by atoms with E-state index < -0.39 is 0 Å². The highest BCUT2D eigenvalue weighted by Gasteiger charge is 1.92. The Morgan fingerprint density at radius 1 is 1.80 bits per heavy atom. The molecule has 1 heterocycles. The number of nitrogens with zero attached hydrogens (tertiary/aromatic N) is 4. The number of oxime groups is 1. The van der Waals surface area contributed by atoms with Crippen molar-refractivity contribution in [1.82, 2.24) is 14.8 Å². The van der Waals surface area contributed by atoms with Gasteiger partial charge in [0.2, 0.25) is 0 Å². The fraction of sp³-hybridized carbons (Fsp3) is 0.400. The summed E-state index contributed by atoms with van der Waals surface area (Å²) in [7, 11) is 0. The van der Waals surface area contributed by atoms with Crippen LogP contribution in [-0.4, -0.2) is 25.7 Å². The van der Waals surface area contributed by atoms with Crippen LogP contribution in [0, 0.1) is 0 Å². The van der Waals surface area contributed by atoms with E-state index in [0.29, 0.717) is 12.3 Å². The average molecular weight is 140 g/mol. The van der Waals surface area contributed by atoms with Gasteiger partial charge < -0.3 is 5.21 Å². The molecule has 1 aromatic rings. The maximum atomic E-state index is 8.26. The van der Waals surface area contributed by atoms with E-state index in [9.17, 15) is 0 Å². The van der Waals surface area contributed by atoms with E-state index >= 15 is 0 Å². The molecule has 0 aliphatic heterocycles. The van der Waals surface area contributed by atoms with Gasteiger partial charge in [-0.25, -0.2) is 9.67 Å². The van der Waals surface area contributed by atoms with E-state index in [1.165, 1.54) is 6.33 Å². The van der Waals surface area contributed by atoms with Crippen molar-refractivity contribution in [3.8, 4) is 0 Å². The normalized spacial score (nSPS) is 11.9. The second-order valence-corrected chi connectivity index (χ2v) is 1.93. The molecule has 10 heavy (non-hydrogen) atoms. The monoisotopic (exact) mass is 140 g/mol. The van der Waals surface area contributed by atoms with Crippen LogP contribution in [0.4, 0.5) is 0 Å². The lowest BCUT2D eigenvalue weighted by Gasteiger charge is -1.95. The second kappa shape index (κ2) is 2.95. The Kier molecular flexibility index (Phi) is 1.99. The van der Waals surface area contributed by atoms with E-state index in [2.05, 4.69) is 15.2 Å². The molecule has 1 aromatic heterocycles. The molecule has 1 N–H and O–H groups in total. The zero-order valence-electron chi connectivity index (χ0n) is 5.60. The molecule has 0 unspecified atom stereocenters. The van der Waals surface area contributed by atoms with Crippen molar-refractivity contribution in [2.24, 2.45) is 5.16 Å². The van der Waals surface area contributed by atoms with Gasteiger partial charge in [-0.05, 0) is 6.92 Å². The summed E-state index contributed by atoms with van der Waals surface area (Å²) in [6.07, 6.45) is 3.00. The molecule has 0 amide bonds. The lowest BCUT2D eigenvalue weighted by atomic mass is 10.4. The third-order valence-corrected chi connectivity index (χ3v) is 1.03. The molecule has 0 saturated heterocycles. The van der Waals surface area contributed by atoms with Crippen LogP contribution in [-0.2, 0) is 6.54 Å². The van der Waals surface area contributed by atoms with Crippen molar-refractivity contribution in [2.75, 3.05) is 0 Å². The maximum Gasteiger partial charge on any atom is 0.137 e. The fourth-order valence-corrected chi connectivity index (χ4v) is 0.580. The van der Waals surface area contributed by atoms with Crippen LogP contribution < -0.4 is 0 Å². The number of hydrogen-bond acceptors (Lipinski definition) is 4. The minimum Gasteiger partial charge on any atom is -0.411 e. The van der Waals surface area contributed by atoms with E-state index in [0.717, 1.165) is 0 Å². The van der Waals surface area contributed by atoms with Gasteiger partial charge in [0.25, 0.3) is 0 Å². The molecule has 0 bridgehead atoms. The Morgan fingerprint density at radius 2 is 2.60 bits per heavy atom. The molecular formula is C5H8N4O. The van der Waals surface area contributed by atoms with Crippen LogP contribution in [0.15, 0.2) is 17.8 Å². The van der Waals surface area contributed by atoms with Crippen LogP contribution in [0.1, 0.15) is 6.92 Å². The Hall–Kier alpha value is -1.39. The van der Waals surface area contributed by atoms with Crippen LogP contribution in [0.5, 0.6) is 0 Å². The van der Waals surface area contributed by atoms with Gasteiger partial charge in [-0.3, -0.25) is 0 Å². The van der Waals surface area contributed by atoms with E-state index in [1.54, 1.807) is 17.9 Å². The molecule has 5 nitrogen and oxygen atoms in total. The highest BCUT2D eigenvalue weighted by molar-refractivity contribution is 5.80. The summed E-state index contributed by atoms with van der Waals surface area (Å²) in [4.78, 5) is 3.72. The summed E-state index contributed by atoms with van der Waals surface area (Å²) in [5.41, 5.74) is 0.602. The largest absolute Gasteiger partial charge is 0.411 e. The summed E-state index contributed by atoms with van der Waals surface area (Å²) in [5, 5.41) is 15.1. The third-order valence-electron chi connectivity index (χ3n) is 1.03. The van der Waals surface area contributed by atoms with Crippen molar-refractivity contribution < 1.29 is 5.21 Å². The molecule has 5 heteroatoms. The molecule has 0 aromatic carbocycles. The van der Waals surface area contributed by atoms with Crippen molar-refractivity contribution in [1.29, 1.82) is 0 Å². The summed E-state index contributed by atoms with van der Waals surface area (Å²) in [6.45, 7) is 2.19. The lowest BCUT2D eigenvalue weighted by Crippen LogP contribution is -2.06. The molecule has 54 valence electrons. The van der Waals surface area contributed by atoms with Gasteiger partial charge in [-0.15, -0.1) is 0 Å². The first-order valence-corrected chi connectivity index (χ1v) is 2.83. The highest BCUT2D eigenvalue weighted by Crippen LogP contribution is 1.82. The molecule has 1 rings (SSSR count). The summed E-state index contributed by atoms with van der Waals surface area (Å²) in [6, 6.07) is 0. The number of rotatable bonds is 2. The molecular weight excluding hydrogens is 132 g/mol. The molecule has 0 radical (unpaired) electrons. The minimum atomic E-state index is 0.483. The minimum absolute atomic E-state index is 0.483. The molecule has 0 atom stereocenters. The first-order valence-electron chi connectivity index (χ1n) is 2.83. The van der Waals surface area contributed by atoms with Crippen molar-refractivity contribution in [2.45, 2.75) is 13.5 Å². The summed E-state index contributed by atoms with van der Waals surface area (Å²) < 4.78 is 1.58. The summed E-state index contributed by atoms with van der Waals surface area (Å²) in [5.74, 6) is 0. The Morgan fingerprint density at radius 3 is 3.10 bits per heavy atom. The predicted octanol–water partition coefficient (Wildman–Crippen LogP) is 0.128. The number of aromatic nitrogens is 3. The van der Waals surface area contributed by atoms with Gasteiger partial charge in [0.15, 0.2) is 0 Å². The Labute approximate surface area is 58.0 Å². The van der Waals surface area contributed by atoms with Gasteiger partial charge in [0.1, 0.15) is 12.7 Å². The SMILES string of the molecule is C/C(Cn1cncn1)=N\O. The van der Waals surface area contributed by atoms with Crippen LogP contribution in [0.2, 0.25) is 0 Å². The quantitative estimate of drug-likeness (QED) is 0.360. The first-order chi connectivity index (χ1) is 4.83. The van der Waals surface area contributed by atoms with E-state index in [1.807, 2.05) is 0 Å².